The number of urea groups is 1. The van der Waals surface area contributed by atoms with Gasteiger partial charge in [0.05, 0.1) is 24.3 Å². The molecular formula is C3H10N4OS2. The summed E-state index contributed by atoms with van der Waals surface area (Å²) in [5.74, 6) is 0. The van der Waals surface area contributed by atoms with E-state index in [9.17, 15) is 4.79 Å². The van der Waals surface area contributed by atoms with Crippen LogP contribution < -0.4 is 15.2 Å². The second-order valence-corrected chi connectivity index (χ2v) is 3.33. The summed E-state index contributed by atoms with van der Waals surface area (Å²) in [6, 6.07) is -0.501. The minimum atomic E-state index is -0.501. The minimum Gasteiger partial charge on any atom is -0.350 e. The van der Waals surface area contributed by atoms with Crippen LogP contribution in [0.15, 0.2) is 0 Å². The van der Waals surface area contributed by atoms with Crippen LogP contribution in [-0.4, -0.2) is 23.8 Å². The van der Waals surface area contributed by atoms with Crippen LogP contribution in [0.5, 0.6) is 0 Å². The number of carbonyl (C=O) groups is 1. The van der Waals surface area contributed by atoms with E-state index in [1.54, 1.807) is 14.1 Å². The summed E-state index contributed by atoms with van der Waals surface area (Å²) in [4.78, 5) is 10.5. The van der Waals surface area contributed by atoms with Gasteiger partial charge in [-0.2, -0.15) is 3.71 Å². The molecule has 0 aliphatic carbocycles. The van der Waals surface area contributed by atoms with Crippen LogP contribution in [0.2, 0.25) is 0 Å². The Hall–Kier alpha value is -0.110. The average molecular weight is 182 g/mol. The molecule has 0 aromatic rings. The molecule has 0 unspecified atom stereocenters. The molecule has 0 heterocycles. The topological polar surface area (TPSA) is 70.4 Å². The van der Waals surface area contributed by atoms with Crippen molar-refractivity contribution in [2.45, 2.75) is 0 Å². The summed E-state index contributed by atoms with van der Waals surface area (Å²) in [6.45, 7) is 0. The number of amides is 2. The van der Waals surface area contributed by atoms with Crippen LogP contribution >= 0.6 is 24.3 Å². The van der Waals surface area contributed by atoms with Crippen molar-refractivity contribution >= 4 is 30.3 Å². The molecule has 0 aromatic heterocycles. The fourth-order valence-corrected chi connectivity index (χ4v) is 1.38. The second kappa shape index (κ2) is 5.66. The Kier molecular flexibility index (Phi) is 5.60. The van der Waals surface area contributed by atoms with Crippen LogP contribution in [0.3, 0.4) is 0 Å². The molecule has 0 fully saturated rings. The molecular weight excluding hydrogens is 172 g/mol. The summed E-state index contributed by atoms with van der Waals surface area (Å²) in [5.41, 5.74) is 4.97. The molecule has 0 aliphatic rings. The molecule has 0 saturated heterocycles. The Labute approximate surface area is 68.6 Å². The van der Waals surface area contributed by atoms with Gasteiger partial charge in [0.2, 0.25) is 0 Å². The van der Waals surface area contributed by atoms with Crippen molar-refractivity contribution in [1.82, 2.24) is 13.2 Å². The lowest BCUT2D eigenvalue weighted by Gasteiger charge is -2.13. The van der Waals surface area contributed by atoms with E-state index in [1.807, 2.05) is 0 Å². The van der Waals surface area contributed by atoms with Gasteiger partial charge in [-0.3, -0.25) is 0 Å². The van der Waals surface area contributed by atoms with Gasteiger partial charge < -0.3 is 5.73 Å². The zero-order chi connectivity index (χ0) is 7.98. The fraction of sp³-hybridized carbons (Fsp3) is 0.667. The van der Waals surface area contributed by atoms with E-state index in [2.05, 4.69) is 9.44 Å². The number of nitrogens with two attached hydrogens (primary N) is 1. The number of nitrogens with one attached hydrogen (secondary N) is 2. The molecule has 0 aromatic carbocycles. The molecule has 7 heteroatoms. The molecule has 0 rings (SSSR count). The molecule has 0 radical (unpaired) electrons. The van der Waals surface area contributed by atoms with Gasteiger partial charge in [-0.15, -0.1) is 0 Å². The number of carbonyl (C=O) groups excluding carboxylic acids is 1. The number of rotatable bonds is 4. The summed E-state index contributed by atoms with van der Waals surface area (Å²) in [7, 11) is 3.41. The van der Waals surface area contributed by atoms with E-state index in [4.69, 9.17) is 5.73 Å². The van der Waals surface area contributed by atoms with Crippen molar-refractivity contribution in [2.24, 2.45) is 5.73 Å². The highest BCUT2D eigenvalue weighted by molar-refractivity contribution is 8.11. The van der Waals surface area contributed by atoms with E-state index in [0.29, 0.717) is 0 Å². The zero-order valence-corrected chi connectivity index (χ0v) is 7.38. The van der Waals surface area contributed by atoms with E-state index in [1.165, 1.54) is 3.71 Å². The second-order valence-electron chi connectivity index (χ2n) is 1.19. The zero-order valence-electron chi connectivity index (χ0n) is 5.75. The smallest absolute Gasteiger partial charge is 0.337 e. The fourth-order valence-electron chi connectivity index (χ4n) is 0.274. The van der Waals surface area contributed by atoms with Crippen LogP contribution in [0, 0.1) is 0 Å². The van der Waals surface area contributed by atoms with Crippen LogP contribution in [-0.2, 0) is 0 Å². The molecule has 60 valence electrons. The first kappa shape index (κ1) is 9.89. The Bertz CT molecular complexity index is 105. The third-order valence-corrected chi connectivity index (χ3v) is 2.03. The van der Waals surface area contributed by atoms with Gasteiger partial charge in [-0.1, -0.05) is 0 Å². The number of nitrogens with zero attached hydrogens (tertiary/aromatic N) is 1. The average Bonchev–Trinajstić information content (AvgIpc) is 1.87. The molecule has 0 aliphatic heterocycles. The van der Waals surface area contributed by atoms with E-state index < -0.39 is 6.03 Å². The van der Waals surface area contributed by atoms with Crippen molar-refractivity contribution in [3.63, 3.8) is 0 Å². The standard InChI is InChI=1S/C3H10N4OS2/c1-5-9-7(3(4)8)10-6-2/h5-6H,1-2H3,(H2,4,8). The highest BCUT2D eigenvalue weighted by atomic mass is 32.2. The molecule has 10 heavy (non-hydrogen) atoms. The number of primary amides is 1. The molecule has 0 bridgehead atoms. The van der Waals surface area contributed by atoms with Gasteiger partial charge in [0, 0.05) is 0 Å². The first-order valence-corrected chi connectivity index (χ1v) is 4.04. The number of hydrogen-bond acceptors (Lipinski definition) is 5. The van der Waals surface area contributed by atoms with Crippen LogP contribution in [0.4, 0.5) is 4.79 Å². The van der Waals surface area contributed by atoms with Gasteiger partial charge in [0.1, 0.15) is 0 Å². The molecule has 0 saturated carbocycles. The van der Waals surface area contributed by atoms with E-state index in [0.717, 1.165) is 24.3 Å². The molecule has 0 atom stereocenters. The lowest BCUT2D eigenvalue weighted by atomic mass is 11.2. The van der Waals surface area contributed by atoms with Crippen LogP contribution in [0.1, 0.15) is 0 Å². The monoisotopic (exact) mass is 182 g/mol. The Morgan fingerprint density at radius 3 is 2.00 bits per heavy atom. The molecule has 4 N–H and O–H groups in total. The molecule has 2 amide bonds. The highest BCUT2D eigenvalue weighted by Crippen LogP contribution is 2.13. The third kappa shape index (κ3) is 3.83. The van der Waals surface area contributed by atoms with Crippen molar-refractivity contribution in [1.29, 1.82) is 0 Å². The predicted octanol–water partition coefficient (Wildman–Crippen LogP) is -0.0677. The first-order chi connectivity index (χ1) is 4.72. The van der Waals surface area contributed by atoms with Crippen molar-refractivity contribution in [3.8, 4) is 0 Å². The van der Waals surface area contributed by atoms with Crippen molar-refractivity contribution in [3.05, 3.63) is 0 Å². The highest BCUT2D eigenvalue weighted by Gasteiger charge is 2.08. The molecule has 0 spiro atoms. The maximum absolute atomic E-state index is 10.5. The summed E-state index contributed by atoms with van der Waals surface area (Å²) in [5, 5.41) is 0. The first-order valence-electron chi connectivity index (χ1n) is 2.49. The Balaban J connectivity index is 3.61. The van der Waals surface area contributed by atoms with Crippen molar-refractivity contribution in [2.75, 3.05) is 14.1 Å². The van der Waals surface area contributed by atoms with Gasteiger partial charge in [0.25, 0.3) is 0 Å². The Morgan fingerprint density at radius 1 is 1.40 bits per heavy atom. The maximum Gasteiger partial charge on any atom is 0.337 e. The van der Waals surface area contributed by atoms with Gasteiger partial charge in [-0.25, -0.2) is 14.2 Å². The summed E-state index contributed by atoms with van der Waals surface area (Å²) < 4.78 is 6.71. The SMILES string of the molecule is CNSN(SNC)C(N)=O. The van der Waals surface area contributed by atoms with E-state index in [-0.39, 0.29) is 0 Å². The number of hydrogen-bond donors (Lipinski definition) is 3. The van der Waals surface area contributed by atoms with Crippen LogP contribution in [0.25, 0.3) is 0 Å². The maximum atomic E-state index is 10.5. The largest absolute Gasteiger partial charge is 0.350 e. The van der Waals surface area contributed by atoms with Crippen molar-refractivity contribution < 1.29 is 4.79 Å². The summed E-state index contributed by atoms with van der Waals surface area (Å²) in [6.07, 6.45) is 0. The minimum absolute atomic E-state index is 0.501. The normalized spacial score (nSPS) is 9.40. The van der Waals surface area contributed by atoms with Gasteiger partial charge in [-0.05, 0) is 14.1 Å². The molecule has 5 nitrogen and oxygen atoms in total. The lowest BCUT2D eigenvalue weighted by Crippen LogP contribution is -2.28. The predicted molar refractivity (Wildman–Crippen MR) is 44.7 cm³/mol. The van der Waals surface area contributed by atoms with Gasteiger partial charge >= 0.3 is 6.03 Å². The van der Waals surface area contributed by atoms with Gasteiger partial charge in [0.15, 0.2) is 0 Å². The Morgan fingerprint density at radius 2 is 1.80 bits per heavy atom. The summed E-state index contributed by atoms with van der Waals surface area (Å²) >= 11 is 2.24. The lowest BCUT2D eigenvalue weighted by molar-refractivity contribution is 0.246. The quantitative estimate of drug-likeness (QED) is 0.531. The third-order valence-electron chi connectivity index (χ3n) is 0.528. The van der Waals surface area contributed by atoms with E-state index >= 15 is 0 Å².